The fraction of sp³-hybridized carbons (Fsp3) is 0.625. The quantitative estimate of drug-likeness (QED) is 0.706. The number of hydrogen-bond donors (Lipinski definition) is 3. The molecule has 4 nitrogen and oxygen atoms in total. The molecule has 0 spiro atoms. The number of phenolic OH excluding ortho intramolecular Hbond substituents is 1. The van der Waals surface area contributed by atoms with Gasteiger partial charge in [-0.3, -0.25) is 0 Å². The zero-order chi connectivity index (χ0) is 15.2. The van der Waals surface area contributed by atoms with Gasteiger partial charge in [-0.2, -0.15) is 0 Å². The molecule has 1 aliphatic rings. The maximum atomic E-state index is 9.98. The minimum absolute atomic E-state index is 0.103. The van der Waals surface area contributed by atoms with Crippen LogP contribution in [0.5, 0.6) is 5.75 Å². The molecule has 1 heterocycles. The number of aryl methyl sites for hydroxylation is 1. The van der Waals surface area contributed by atoms with Crippen LogP contribution >= 0.6 is 11.6 Å². The van der Waals surface area contributed by atoms with Crippen LogP contribution in [0.3, 0.4) is 0 Å². The fourth-order valence-electron chi connectivity index (χ4n) is 2.73. The number of piperidine rings is 1. The van der Waals surface area contributed by atoms with E-state index in [1.54, 1.807) is 6.07 Å². The van der Waals surface area contributed by atoms with Crippen LogP contribution in [-0.2, 0) is 6.54 Å². The van der Waals surface area contributed by atoms with Crippen LogP contribution in [0.2, 0.25) is 5.02 Å². The molecule has 21 heavy (non-hydrogen) atoms. The van der Waals surface area contributed by atoms with E-state index in [2.05, 4.69) is 10.2 Å². The first-order valence-electron chi connectivity index (χ1n) is 7.65. The van der Waals surface area contributed by atoms with Gasteiger partial charge in [-0.25, -0.2) is 0 Å². The lowest BCUT2D eigenvalue weighted by Gasteiger charge is -2.29. The Kier molecular flexibility index (Phi) is 6.30. The van der Waals surface area contributed by atoms with E-state index in [0.717, 1.165) is 56.6 Å². The van der Waals surface area contributed by atoms with Crippen LogP contribution in [-0.4, -0.2) is 47.4 Å². The molecular formula is C16H25ClN2O2. The first-order chi connectivity index (χ1) is 10.1. The molecule has 0 atom stereocenters. The number of nitrogens with zero attached hydrogens (tertiary/aromatic N) is 1. The van der Waals surface area contributed by atoms with Gasteiger partial charge in [-0.15, -0.1) is 0 Å². The van der Waals surface area contributed by atoms with Gasteiger partial charge >= 0.3 is 0 Å². The summed E-state index contributed by atoms with van der Waals surface area (Å²) in [6.07, 6.45) is 2.75. The van der Waals surface area contributed by atoms with Crippen molar-refractivity contribution in [1.82, 2.24) is 10.2 Å². The molecule has 1 aliphatic heterocycles. The van der Waals surface area contributed by atoms with E-state index in [-0.39, 0.29) is 6.10 Å². The number of aromatic hydroxyl groups is 1. The summed E-state index contributed by atoms with van der Waals surface area (Å²) in [5, 5.41) is 23.4. The molecular weight excluding hydrogens is 288 g/mol. The van der Waals surface area contributed by atoms with Gasteiger partial charge in [0.2, 0.25) is 0 Å². The number of halogens is 1. The van der Waals surface area contributed by atoms with Crippen molar-refractivity contribution in [1.29, 1.82) is 0 Å². The van der Waals surface area contributed by atoms with Crippen molar-refractivity contribution in [3.05, 3.63) is 28.3 Å². The molecule has 0 aliphatic carbocycles. The highest BCUT2D eigenvalue weighted by atomic mass is 35.5. The lowest BCUT2D eigenvalue weighted by Crippen LogP contribution is -2.37. The molecule has 2 rings (SSSR count). The smallest absolute Gasteiger partial charge is 0.123 e. The number of phenols is 1. The number of aliphatic hydroxyl groups is 1. The minimum atomic E-state index is -0.103. The predicted octanol–water partition coefficient (Wildman–Crippen LogP) is 2.29. The summed E-state index contributed by atoms with van der Waals surface area (Å²) in [6.45, 7) is 6.44. The number of aliphatic hydroxyl groups excluding tert-OH is 1. The minimum Gasteiger partial charge on any atom is -0.507 e. The second-order valence-electron chi connectivity index (χ2n) is 5.83. The molecule has 0 aromatic heterocycles. The average Bonchev–Trinajstić information content (AvgIpc) is 2.45. The number of nitrogens with one attached hydrogen (secondary N) is 1. The molecule has 3 N–H and O–H groups in total. The third-order valence-electron chi connectivity index (χ3n) is 4.04. The summed E-state index contributed by atoms with van der Waals surface area (Å²) in [5.41, 5.74) is 1.66. The molecule has 5 heteroatoms. The Bertz CT molecular complexity index is 460. The highest BCUT2D eigenvalue weighted by Crippen LogP contribution is 2.26. The molecule has 1 aromatic rings. The molecule has 1 aromatic carbocycles. The van der Waals surface area contributed by atoms with Crippen LogP contribution < -0.4 is 5.32 Å². The molecule has 0 bridgehead atoms. The maximum Gasteiger partial charge on any atom is 0.123 e. The fourth-order valence-corrected chi connectivity index (χ4v) is 3.03. The number of benzene rings is 1. The van der Waals surface area contributed by atoms with E-state index in [9.17, 15) is 10.2 Å². The topological polar surface area (TPSA) is 55.7 Å². The highest BCUT2D eigenvalue weighted by molar-refractivity contribution is 6.30. The molecule has 1 fully saturated rings. The van der Waals surface area contributed by atoms with Crippen molar-refractivity contribution in [3.8, 4) is 5.75 Å². The first-order valence-corrected chi connectivity index (χ1v) is 8.03. The van der Waals surface area contributed by atoms with E-state index in [1.807, 2.05) is 13.0 Å². The Balaban J connectivity index is 1.66. The van der Waals surface area contributed by atoms with Gasteiger partial charge in [0.25, 0.3) is 0 Å². The predicted molar refractivity (Wildman–Crippen MR) is 85.9 cm³/mol. The number of likely N-dealkylation sites (tertiary alicyclic amines) is 1. The summed E-state index contributed by atoms with van der Waals surface area (Å²) in [4.78, 5) is 2.40. The van der Waals surface area contributed by atoms with Crippen LogP contribution in [0.25, 0.3) is 0 Å². The van der Waals surface area contributed by atoms with E-state index in [1.165, 1.54) is 0 Å². The second kappa shape index (κ2) is 7.99. The Morgan fingerprint density at radius 2 is 2.05 bits per heavy atom. The normalized spacial score (nSPS) is 17.3. The standard InChI is InChI=1S/C16H25ClN2O2/c1-12-9-14(17)10-13(16(12)21)11-18-5-2-6-19-7-3-15(20)4-8-19/h9-10,15,18,20-21H,2-8,11H2,1H3. The Labute approximate surface area is 131 Å². The van der Waals surface area contributed by atoms with Gasteiger partial charge in [-0.05, 0) is 57.0 Å². The Morgan fingerprint density at radius 3 is 2.76 bits per heavy atom. The molecule has 0 unspecified atom stereocenters. The SMILES string of the molecule is Cc1cc(Cl)cc(CNCCCN2CCC(O)CC2)c1O. The summed E-state index contributed by atoms with van der Waals surface area (Å²) in [6, 6.07) is 3.58. The van der Waals surface area contributed by atoms with Crippen molar-refractivity contribution in [2.75, 3.05) is 26.2 Å². The van der Waals surface area contributed by atoms with Gasteiger partial charge in [0.05, 0.1) is 6.10 Å². The maximum absolute atomic E-state index is 9.98. The third-order valence-corrected chi connectivity index (χ3v) is 4.26. The average molecular weight is 313 g/mol. The van der Waals surface area contributed by atoms with E-state index in [4.69, 9.17) is 11.6 Å². The van der Waals surface area contributed by atoms with Crippen LogP contribution in [0.15, 0.2) is 12.1 Å². The van der Waals surface area contributed by atoms with Crippen molar-refractivity contribution in [2.24, 2.45) is 0 Å². The molecule has 0 radical (unpaired) electrons. The second-order valence-corrected chi connectivity index (χ2v) is 6.27. The Hall–Kier alpha value is -0.810. The van der Waals surface area contributed by atoms with Gasteiger partial charge in [0.15, 0.2) is 0 Å². The summed E-state index contributed by atoms with van der Waals surface area (Å²) in [5.74, 6) is 0.330. The third kappa shape index (κ3) is 5.15. The molecule has 0 amide bonds. The lowest BCUT2D eigenvalue weighted by molar-refractivity contribution is 0.0821. The van der Waals surface area contributed by atoms with Crippen molar-refractivity contribution in [3.63, 3.8) is 0 Å². The lowest BCUT2D eigenvalue weighted by atomic mass is 10.1. The first kappa shape index (κ1) is 16.6. The number of rotatable bonds is 6. The molecule has 1 saturated heterocycles. The zero-order valence-electron chi connectivity index (χ0n) is 12.6. The van der Waals surface area contributed by atoms with Gasteiger partial charge < -0.3 is 20.4 Å². The Morgan fingerprint density at radius 1 is 1.33 bits per heavy atom. The molecule has 118 valence electrons. The largest absolute Gasteiger partial charge is 0.507 e. The van der Waals surface area contributed by atoms with Crippen LogP contribution in [0.4, 0.5) is 0 Å². The van der Waals surface area contributed by atoms with Crippen molar-refractivity contribution < 1.29 is 10.2 Å². The summed E-state index contributed by atoms with van der Waals surface area (Å²) < 4.78 is 0. The van der Waals surface area contributed by atoms with E-state index < -0.39 is 0 Å². The van der Waals surface area contributed by atoms with E-state index in [0.29, 0.717) is 17.3 Å². The highest BCUT2D eigenvalue weighted by Gasteiger charge is 2.15. The number of hydrogen-bond acceptors (Lipinski definition) is 4. The van der Waals surface area contributed by atoms with E-state index >= 15 is 0 Å². The van der Waals surface area contributed by atoms with Crippen LogP contribution in [0.1, 0.15) is 30.4 Å². The van der Waals surface area contributed by atoms with Gasteiger partial charge in [0.1, 0.15) is 5.75 Å². The summed E-state index contributed by atoms with van der Waals surface area (Å²) in [7, 11) is 0. The van der Waals surface area contributed by atoms with Crippen LogP contribution in [0, 0.1) is 6.92 Å². The van der Waals surface area contributed by atoms with Crippen molar-refractivity contribution in [2.45, 2.75) is 38.8 Å². The monoisotopic (exact) mass is 312 g/mol. The zero-order valence-corrected chi connectivity index (χ0v) is 13.4. The molecule has 0 saturated carbocycles. The van der Waals surface area contributed by atoms with Crippen molar-refractivity contribution >= 4 is 11.6 Å². The summed E-state index contributed by atoms with van der Waals surface area (Å²) >= 11 is 6.01. The van der Waals surface area contributed by atoms with Gasteiger partial charge in [-0.1, -0.05) is 11.6 Å². The van der Waals surface area contributed by atoms with Gasteiger partial charge in [0, 0.05) is 30.2 Å².